The van der Waals surface area contributed by atoms with Gasteiger partial charge < -0.3 is 10.5 Å². The van der Waals surface area contributed by atoms with Gasteiger partial charge in [-0.2, -0.15) is 0 Å². The van der Waals surface area contributed by atoms with E-state index in [4.69, 9.17) is 10.5 Å². The Bertz CT molecular complexity index is 934. The third-order valence-corrected chi connectivity index (χ3v) is 3.49. The molecule has 1 aliphatic rings. The molecule has 0 bridgehead atoms. The molecule has 0 saturated carbocycles. The van der Waals surface area contributed by atoms with Crippen LogP contribution in [0.4, 0.5) is 10.2 Å². The average molecular weight is 331 g/mol. The minimum Gasteiger partial charge on any atom is -0.489 e. The van der Waals surface area contributed by atoms with Crippen LogP contribution in [-0.2, 0) is 0 Å². The second-order valence-electron chi connectivity index (χ2n) is 5.53. The van der Waals surface area contributed by atoms with Crippen LogP contribution in [0, 0.1) is 5.82 Å². The topological polar surface area (TPSA) is 103 Å². The van der Waals surface area contributed by atoms with Crippen molar-refractivity contribution in [2.75, 3.05) is 5.73 Å². The van der Waals surface area contributed by atoms with E-state index < -0.39 is 23.2 Å². The number of benzene rings is 1. The van der Waals surface area contributed by atoms with E-state index >= 15 is 0 Å². The molecule has 124 valence electrons. The van der Waals surface area contributed by atoms with E-state index in [9.17, 15) is 18.8 Å². The van der Waals surface area contributed by atoms with Gasteiger partial charge in [0, 0.05) is 6.07 Å². The third-order valence-electron chi connectivity index (χ3n) is 3.49. The van der Waals surface area contributed by atoms with Gasteiger partial charge in [-0.25, -0.2) is 4.39 Å². The number of carbonyl (C=O) groups excluding carboxylic acids is 2. The van der Waals surface area contributed by atoms with Gasteiger partial charge in [-0.05, 0) is 26.0 Å². The number of amides is 2. The predicted molar refractivity (Wildman–Crippen MR) is 84.0 cm³/mol. The number of halogens is 1. The molecule has 8 heteroatoms. The monoisotopic (exact) mass is 331 g/mol. The number of hydrogen-bond donors (Lipinski definition) is 2. The normalized spacial score (nSPS) is 13.2. The molecule has 0 fully saturated rings. The van der Waals surface area contributed by atoms with Crippen LogP contribution in [0.3, 0.4) is 0 Å². The third kappa shape index (κ3) is 2.32. The second-order valence-corrected chi connectivity index (χ2v) is 5.53. The van der Waals surface area contributed by atoms with E-state index in [1.54, 1.807) is 13.8 Å². The van der Waals surface area contributed by atoms with Crippen molar-refractivity contribution in [2.24, 2.45) is 0 Å². The fourth-order valence-corrected chi connectivity index (χ4v) is 2.57. The number of ether oxygens (including phenoxy) is 1. The largest absolute Gasteiger partial charge is 0.489 e. The predicted octanol–water partition coefficient (Wildman–Crippen LogP) is 1.23. The molecule has 0 aliphatic carbocycles. The molecular weight excluding hydrogens is 317 g/mol. The SMILES string of the molecule is CC(C)Oc1cccc(F)c1-n1c(N)c2c(cc1=O)C(=O)NC2=O. The van der Waals surface area contributed by atoms with Crippen LogP contribution < -0.4 is 21.3 Å². The lowest BCUT2D eigenvalue weighted by molar-refractivity contribution is 0.0880. The maximum absolute atomic E-state index is 14.4. The van der Waals surface area contributed by atoms with Crippen molar-refractivity contribution in [2.45, 2.75) is 20.0 Å². The first-order chi connectivity index (χ1) is 11.3. The molecule has 3 rings (SSSR count). The average Bonchev–Trinajstić information content (AvgIpc) is 2.75. The molecule has 3 N–H and O–H groups in total. The Balaban J connectivity index is 2.34. The number of hydrogen-bond acceptors (Lipinski definition) is 5. The summed E-state index contributed by atoms with van der Waals surface area (Å²) < 4.78 is 20.8. The zero-order valence-electron chi connectivity index (χ0n) is 12.9. The molecule has 1 aromatic heterocycles. The molecule has 0 saturated heterocycles. The van der Waals surface area contributed by atoms with E-state index in [0.29, 0.717) is 0 Å². The summed E-state index contributed by atoms with van der Waals surface area (Å²) in [6, 6.07) is 5.02. The molecule has 0 spiro atoms. The fourth-order valence-electron chi connectivity index (χ4n) is 2.57. The first-order valence-electron chi connectivity index (χ1n) is 7.18. The lowest BCUT2D eigenvalue weighted by Gasteiger charge is -2.18. The molecule has 1 aromatic carbocycles. The number of carbonyl (C=O) groups is 2. The van der Waals surface area contributed by atoms with Crippen molar-refractivity contribution in [3.8, 4) is 11.4 Å². The van der Waals surface area contributed by atoms with E-state index in [1.165, 1.54) is 12.1 Å². The number of nitrogen functional groups attached to an aromatic ring is 1. The first kappa shape index (κ1) is 15.7. The quantitative estimate of drug-likeness (QED) is 0.823. The summed E-state index contributed by atoms with van der Waals surface area (Å²) in [6.07, 6.45) is -0.276. The Hall–Kier alpha value is -3.16. The molecule has 0 radical (unpaired) electrons. The lowest BCUT2D eigenvalue weighted by Crippen LogP contribution is -2.25. The highest BCUT2D eigenvalue weighted by atomic mass is 19.1. The highest BCUT2D eigenvalue weighted by molar-refractivity contribution is 6.23. The van der Waals surface area contributed by atoms with Gasteiger partial charge in [-0.1, -0.05) is 6.07 Å². The van der Waals surface area contributed by atoms with E-state index in [-0.39, 0.29) is 34.5 Å². The van der Waals surface area contributed by atoms with Gasteiger partial charge >= 0.3 is 0 Å². The van der Waals surface area contributed by atoms with Crippen LogP contribution in [0.15, 0.2) is 29.1 Å². The van der Waals surface area contributed by atoms with Crippen LogP contribution >= 0.6 is 0 Å². The summed E-state index contributed by atoms with van der Waals surface area (Å²) in [7, 11) is 0. The molecule has 2 amide bonds. The van der Waals surface area contributed by atoms with Crippen LogP contribution in [0.25, 0.3) is 5.69 Å². The number of rotatable bonds is 3. The number of nitrogens with two attached hydrogens (primary N) is 1. The van der Waals surface area contributed by atoms with E-state index in [0.717, 1.165) is 16.7 Å². The standard InChI is InChI=1S/C16H14FN3O4/c1-7(2)24-10-5-3-4-9(17)13(10)20-11(21)6-8-12(14(20)18)16(23)19-15(8)22/h3-7H,18H2,1-2H3,(H,19,22,23). The van der Waals surface area contributed by atoms with Crippen molar-refractivity contribution < 1.29 is 18.7 Å². The number of aromatic nitrogens is 1. The van der Waals surface area contributed by atoms with Gasteiger partial charge in [-0.3, -0.25) is 24.3 Å². The Morgan fingerprint density at radius 3 is 2.58 bits per heavy atom. The number of nitrogens with one attached hydrogen (secondary N) is 1. The van der Waals surface area contributed by atoms with Crippen molar-refractivity contribution in [3.05, 3.63) is 51.6 Å². The number of imide groups is 1. The maximum atomic E-state index is 14.4. The van der Waals surface area contributed by atoms with Gasteiger partial charge in [-0.15, -0.1) is 0 Å². The number of nitrogens with zero attached hydrogens (tertiary/aromatic N) is 1. The molecule has 24 heavy (non-hydrogen) atoms. The summed E-state index contributed by atoms with van der Waals surface area (Å²) in [4.78, 5) is 36.0. The first-order valence-corrected chi connectivity index (χ1v) is 7.18. The van der Waals surface area contributed by atoms with Gasteiger partial charge in [0.05, 0.1) is 17.2 Å². The molecular formula is C16H14FN3O4. The Morgan fingerprint density at radius 2 is 1.92 bits per heavy atom. The highest BCUT2D eigenvalue weighted by Crippen LogP contribution is 2.30. The number of anilines is 1. The number of para-hydroxylation sites is 1. The molecule has 0 unspecified atom stereocenters. The van der Waals surface area contributed by atoms with Crippen molar-refractivity contribution in [1.29, 1.82) is 0 Å². The van der Waals surface area contributed by atoms with E-state index in [1.807, 2.05) is 0 Å². The Kier molecular flexibility index (Phi) is 3.59. The molecule has 2 heterocycles. The Morgan fingerprint density at radius 1 is 1.21 bits per heavy atom. The van der Waals surface area contributed by atoms with Gasteiger partial charge in [0.2, 0.25) is 0 Å². The van der Waals surface area contributed by atoms with Crippen LogP contribution in [-0.4, -0.2) is 22.5 Å². The summed E-state index contributed by atoms with van der Waals surface area (Å²) in [6.45, 7) is 3.49. The van der Waals surface area contributed by atoms with Gasteiger partial charge in [0.15, 0.2) is 5.82 Å². The zero-order valence-corrected chi connectivity index (χ0v) is 12.9. The number of pyridine rings is 1. The summed E-state index contributed by atoms with van der Waals surface area (Å²) in [5.74, 6) is -2.41. The second kappa shape index (κ2) is 5.48. The van der Waals surface area contributed by atoms with Crippen LogP contribution in [0.2, 0.25) is 0 Å². The smallest absolute Gasteiger partial charge is 0.262 e. The lowest BCUT2D eigenvalue weighted by atomic mass is 10.1. The fraction of sp³-hybridized carbons (Fsp3) is 0.188. The van der Waals surface area contributed by atoms with Gasteiger partial charge in [0.25, 0.3) is 17.4 Å². The zero-order chi connectivity index (χ0) is 17.6. The van der Waals surface area contributed by atoms with Crippen molar-refractivity contribution in [3.63, 3.8) is 0 Å². The summed E-state index contributed by atoms with van der Waals surface area (Å²) in [5, 5.41) is 2.06. The number of fused-ring (bicyclic) bond motifs is 1. The minimum absolute atomic E-state index is 0.100. The summed E-state index contributed by atoms with van der Waals surface area (Å²) in [5.41, 5.74) is 4.69. The molecule has 2 aromatic rings. The van der Waals surface area contributed by atoms with Crippen molar-refractivity contribution in [1.82, 2.24) is 9.88 Å². The van der Waals surface area contributed by atoms with Gasteiger partial charge in [0.1, 0.15) is 17.3 Å². The maximum Gasteiger partial charge on any atom is 0.262 e. The van der Waals surface area contributed by atoms with E-state index in [2.05, 4.69) is 5.32 Å². The molecule has 7 nitrogen and oxygen atoms in total. The highest BCUT2D eigenvalue weighted by Gasteiger charge is 2.32. The summed E-state index contributed by atoms with van der Waals surface area (Å²) >= 11 is 0. The van der Waals surface area contributed by atoms with Crippen LogP contribution in [0.5, 0.6) is 5.75 Å². The van der Waals surface area contributed by atoms with Crippen molar-refractivity contribution >= 4 is 17.6 Å². The Labute approximate surface area is 135 Å². The minimum atomic E-state index is -0.744. The molecule has 0 atom stereocenters. The molecule has 1 aliphatic heterocycles. The van der Waals surface area contributed by atoms with Crippen LogP contribution in [0.1, 0.15) is 34.6 Å².